The van der Waals surface area contributed by atoms with Crippen LogP contribution in [-0.4, -0.2) is 23.7 Å². The number of rotatable bonds is 6. The molecule has 134 valence electrons. The van der Waals surface area contributed by atoms with Gasteiger partial charge >= 0.3 is 0 Å². The molecule has 3 aromatic rings. The second kappa shape index (κ2) is 8.06. The first-order valence-corrected chi connectivity index (χ1v) is 8.63. The lowest BCUT2D eigenvalue weighted by molar-refractivity contribution is 0.0923. The number of aromatic nitrogens is 1. The maximum absolute atomic E-state index is 12.2. The fourth-order valence-corrected chi connectivity index (χ4v) is 2.48. The summed E-state index contributed by atoms with van der Waals surface area (Å²) in [4.78, 5) is 12.2. The Balaban J connectivity index is 1.55. The predicted octanol–water partition coefficient (Wildman–Crippen LogP) is 4.50. The highest BCUT2D eigenvalue weighted by molar-refractivity contribution is 6.30. The van der Waals surface area contributed by atoms with E-state index in [1.54, 1.807) is 30.3 Å². The minimum Gasteiger partial charge on any atom is -0.489 e. The van der Waals surface area contributed by atoms with Crippen molar-refractivity contribution in [3.8, 4) is 17.1 Å². The first-order chi connectivity index (χ1) is 12.5. The Hall–Kier alpha value is -2.79. The summed E-state index contributed by atoms with van der Waals surface area (Å²) in [6.45, 7) is 4.22. The van der Waals surface area contributed by atoms with Crippen molar-refractivity contribution in [2.24, 2.45) is 0 Å². The van der Waals surface area contributed by atoms with E-state index in [0.717, 1.165) is 11.1 Å². The maximum Gasteiger partial charge on any atom is 0.273 e. The van der Waals surface area contributed by atoms with Gasteiger partial charge in [-0.05, 0) is 38.1 Å². The molecule has 6 heteroatoms. The van der Waals surface area contributed by atoms with Crippen LogP contribution >= 0.6 is 11.6 Å². The Kier molecular flexibility index (Phi) is 5.58. The number of halogens is 1. The Morgan fingerprint density at radius 2 is 1.88 bits per heavy atom. The van der Waals surface area contributed by atoms with E-state index in [1.807, 2.05) is 38.1 Å². The van der Waals surface area contributed by atoms with E-state index in [4.69, 9.17) is 20.9 Å². The molecule has 0 radical (unpaired) electrons. The maximum atomic E-state index is 12.2. The molecule has 0 aliphatic heterocycles. The van der Waals surface area contributed by atoms with Gasteiger partial charge in [-0.1, -0.05) is 46.6 Å². The smallest absolute Gasteiger partial charge is 0.273 e. The van der Waals surface area contributed by atoms with Gasteiger partial charge in [0.1, 0.15) is 11.9 Å². The molecule has 2 aromatic carbocycles. The zero-order valence-electron chi connectivity index (χ0n) is 14.5. The van der Waals surface area contributed by atoms with E-state index in [2.05, 4.69) is 10.5 Å². The lowest BCUT2D eigenvalue weighted by atomic mass is 10.1. The van der Waals surface area contributed by atoms with Gasteiger partial charge in [-0.25, -0.2) is 0 Å². The Morgan fingerprint density at radius 1 is 1.19 bits per heavy atom. The summed E-state index contributed by atoms with van der Waals surface area (Å²) in [5.74, 6) is 0.943. The molecule has 0 spiro atoms. The second-order valence-electron chi connectivity index (χ2n) is 6.03. The topological polar surface area (TPSA) is 64.4 Å². The van der Waals surface area contributed by atoms with E-state index >= 15 is 0 Å². The number of hydrogen-bond acceptors (Lipinski definition) is 4. The minimum absolute atomic E-state index is 0.205. The molecule has 0 saturated carbocycles. The van der Waals surface area contributed by atoms with E-state index in [0.29, 0.717) is 23.1 Å². The molecule has 0 aliphatic rings. The third-order valence-electron chi connectivity index (χ3n) is 3.78. The molecule has 0 bridgehead atoms. The van der Waals surface area contributed by atoms with Gasteiger partial charge in [0, 0.05) is 16.7 Å². The number of benzene rings is 2. The third-order valence-corrected chi connectivity index (χ3v) is 4.03. The number of aryl methyl sites for hydroxylation is 1. The first-order valence-electron chi connectivity index (χ1n) is 8.25. The van der Waals surface area contributed by atoms with Crippen molar-refractivity contribution in [2.75, 3.05) is 6.54 Å². The summed E-state index contributed by atoms with van der Waals surface area (Å²) in [7, 11) is 0. The zero-order chi connectivity index (χ0) is 18.5. The number of carbonyl (C=O) groups is 1. The van der Waals surface area contributed by atoms with Gasteiger partial charge in [0.25, 0.3) is 5.91 Å². The van der Waals surface area contributed by atoms with Crippen LogP contribution in [0.5, 0.6) is 5.75 Å². The minimum atomic E-state index is -0.307. The summed E-state index contributed by atoms with van der Waals surface area (Å²) >= 11 is 5.84. The molecule has 1 heterocycles. The third kappa shape index (κ3) is 4.64. The number of amides is 1. The molecule has 3 rings (SSSR count). The SMILES string of the molecule is Cc1ccc(-c2cc(C(=O)NC[C@@H](C)Oc3ccc(Cl)cc3)no2)cc1. The highest BCUT2D eigenvalue weighted by Gasteiger charge is 2.15. The predicted molar refractivity (Wildman–Crippen MR) is 101 cm³/mol. The molecule has 26 heavy (non-hydrogen) atoms. The van der Waals surface area contributed by atoms with Gasteiger partial charge in [-0.2, -0.15) is 0 Å². The molecule has 1 amide bonds. The first kappa shape index (κ1) is 18.0. The number of hydrogen-bond donors (Lipinski definition) is 1. The van der Waals surface area contributed by atoms with Crippen molar-refractivity contribution in [3.05, 3.63) is 70.9 Å². The molecule has 0 fully saturated rings. The molecule has 1 aromatic heterocycles. The lowest BCUT2D eigenvalue weighted by Gasteiger charge is -2.15. The summed E-state index contributed by atoms with van der Waals surface area (Å²) in [6, 6.07) is 16.5. The van der Waals surface area contributed by atoms with Crippen LogP contribution in [0.15, 0.2) is 59.1 Å². The van der Waals surface area contributed by atoms with Crippen molar-refractivity contribution in [1.82, 2.24) is 10.5 Å². The molecular weight excluding hydrogens is 352 g/mol. The van der Waals surface area contributed by atoms with Gasteiger partial charge in [0.05, 0.1) is 6.54 Å². The van der Waals surface area contributed by atoms with Crippen molar-refractivity contribution in [3.63, 3.8) is 0 Å². The summed E-state index contributed by atoms with van der Waals surface area (Å²) in [6.07, 6.45) is -0.205. The molecule has 0 unspecified atom stereocenters. The fourth-order valence-electron chi connectivity index (χ4n) is 2.35. The monoisotopic (exact) mass is 370 g/mol. The van der Waals surface area contributed by atoms with Crippen molar-refractivity contribution in [1.29, 1.82) is 0 Å². The van der Waals surface area contributed by atoms with Crippen LogP contribution in [0.4, 0.5) is 0 Å². The summed E-state index contributed by atoms with van der Waals surface area (Å²) in [5.41, 5.74) is 2.27. The van der Waals surface area contributed by atoms with Gasteiger partial charge in [0.15, 0.2) is 11.5 Å². The Bertz CT molecular complexity index is 873. The van der Waals surface area contributed by atoms with Gasteiger partial charge in [0.2, 0.25) is 0 Å². The lowest BCUT2D eigenvalue weighted by Crippen LogP contribution is -2.33. The fraction of sp³-hybridized carbons (Fsp3) is 0.200. The summed E-state index contributed by atoms with van der Waals surface area (Å²) in [5, 5.41) is 7.28. The van der Waals surface area contributed by atoms with Crippen LogP contribution in [0.1, 0.15) is 23.0 Å². The largest absolute Gasteiger partial charge is 0.489 e. The highest BCUT2D eigenvalue weighted by Crippen LogP contribution is 2.21. The van der Waals surface area contributed by atoms with Crippen LogP contribution in [0.3, 0.4) is 0 Å². The molecule has 0 saturated heterocycles. The normalized spacial score (nSPS) is 11.8. The van der Waals surface area contributed by atoms with Crippen molar-refractivity contribution < 1.29 is 14.1 Å². The Morgan fingerprint density at radius 3 is 2.58 bits per heavy atom. The Labute approximate surface area is 156 Å². The van der Waals surface area contributed by atoms with Crippen LogP contribution in [0.25, 0.3) is 11.3 Å². The average molecular weight is 371 g/mol. The zero-order valence-corrected chi connectivity index (χ0v) is 15.3. The van der Waals surface area contributed by atoms with Crippen molar-refractivity contribution >= 4 is 17.5 Å². The number of nitrogens with one attached hydrogen (secondary N) is 1. The van der Waals surface area contributed by atoms with Crippen LogP contribution in [0.2, 0.25) is 5.02 Å². The van der Waals surface area contributed by atoms with Crippen molar-refractivity contribution in [2.45, 2.75) is 20.0 Å². The van der Waals surface area contributed by atoms with E-state index in [1.165, 1.54) is 0 Å². The standard InChI is InChI=1S/C20H19ClN2O3/c1-13-3-5-15(6-4-13)19-11-18(23-26-19)20(24)22-12-14(2)25-17-9-7-16(21)8-10-17/h3-11,14H,12H2,1-2H3,(H,22,24)/t14-/m1/s1. The molecule has 5 nitrogen and oxygen atoms in total. The van der Waals surface area contributed by atoms with Crippen LogP contribution in [-0.2, 0) is 0 Å². The van der Waals surface area contributed by atoms with Crippen LogP contribution < -0.4 is 10.1 Å². The molecule has 1 N–H and O–H groups in total. The van der Waals surface area contributed by atoms with E-state index < -0.39 is 0 Å². The van der Waals surface area contributed by atoms with Gasteiger partial charge in [-0.15, -0.1) is 0 Å². The van der Waals surface area contributed by atoms with E-state index in [9.17, 15) is 4.79 Å². The molecule has 0 aliphatic carbocycles. The number of ether oxygens (including phenoxy) is 1. The molecule has 1 atom stereocenters. The number of carbonyl (C=O) groups excluding carboxylic acids is 1. The van der Waals surface area contributed by atoms with Gasteiger partial charge < -0.3 is 14.6 Å². The highest BCUT2D eigenvalue weighted by atomic mass is 35.5. The summed E-state index contributed by atoms with van der Waals surface area (Å²) < 4.78 is 11.0. The molecular formula is C20H19ClN2O3. The van der Waals surface area contributed by atoms with Crippen LogP contribution in [0, 0.1) is 6.92 Å². The number of nitrogens with zero attached hydrogens (tertiary/aromatic N) is 1. The van der Waals surface area contributed by atoms with Gasteiger partial charge in [-0.3, -0.25) is 4.79 Å². The quantitative estimate of drug-likeness (QED) is 0.693. The second-order valence-corrected chi connectivity index (χ2v) is 6.47. The average Bonchev–Trinajstić information content (AvgIpc) is 3.12. The van der Waals surface area contributed by atoms with E-state index in [-0.39, 0.29) is 17.7 Å².